The number of alkyl halides is 3. The first-order valence-corrected chi connectivity index (χ1v) is 6.93. The van der Waals surface area contributed by atoms with Gasteiger partial charge in [-0.1, -0.05) is 55.2 Å². The molecule has 0 heterocycles. The summed E-state index contributed by atoms with van der Waals surface area (Å²) >= 11 is 0. The van der Waals surface area contributed by atoms with E-state index in [1.54, 1.807) is 19.9 Å². The van der Waals surface area contributed by atoms with E-state index >= 15 is 0 Å². The van der Waals surface area contributed by atoms with E-state index in [1.807, 2.05) is 26.8 Å². The van der Waals surface area contributed by atoms with Crippen molar-refractivity contribution in [3.63, 3.8) is 0 Å². The van der Waals surface area contributed by atoms with Gasteiger partial charge in [0.15, 0.2) is 0 Å². The fraction of sp³-hybridized carbons (Fsp3) is 0.368. The summed E-state index contributed by atoms with van der Waals surface area (Å²) in [4.78, 5) is 0. The minimum atomic E-state index is -4.11. The van der Waals surface area contributed by atoms with Crippen molar-refractivity contribution in [2.75, 3.05) is 0 Å². The highest BCUT2D eigenvalue weighted by atomic mass is 19.4. The molecule has 0 radical (unpaired) electrons. The van der Waals surface area contributed by atoms with Gasteiger partial charge in [0, 0.05) is 0 Å². The van der Waals surface area contributed by atoms with Crippen molar-refractivity contribution in [2.24, 2.45) is 0 Å². The van der Waals surface area contributed by atoms with Crippen molar-refractivity contribution in [1.29, 1.82) is 0 Å². The molecule has 0 saturated heterocycles. The van der Waals surface area contributed by atoms with E-state index in [4.69, 9.17) is 0 Å². The van der Waals surface area contributed by atoms with E-state index in [1.165, 1.54) is 11.6 Å². The Hall–Kier alpha value is -1.77. The van der Waals surface area contributed by atoms with Gasteiger partial charge in [0.1, 0.15) is 0 Å². The fourth-order valence-corrected chi connectivity index (χ4v) is 1.15. The van der Waals surface area contributed by atoms with Crippen LogP contribution in [0.2, 0.25) is 0 Å². The largest absolute Gasteiger partial charge is 0.392 e. The lowest BCUT2D eigenvalue weighted by Crippen LogP contribution is -2.04. The summed E-state index contributed by atoms with van der Waals surface area (Å²) in [5, 5.41) is 0. The van der Waals surface area contributed by atoms with Gasteiger partial charge in [-0.05, 0) is 51.3 Å². The average molecular weight is 312 g/mol. The van der Waals surface area contributed by atoms with E-state index < -0.39 is 12.6 Å². The lowest BCUT2D eigenvalue weighted by atomic mass is 10.1. The normalized spacial score (nSPS) is 13.2. The number of allylic oxidation sites excluding steroid dienone is 9. The van der Waals surface area contributed by atoms with Gasteiger partial charge in [-0.25, -0.2) is 0 Å². The van der Waals surface area contributed by atoms with Gasteiger partial charge in [0.05, 0.1) is 6.42 Å². The molecule has 0 atom stereocenters. The van der Waals surface area contributed by atoms with Gasteiger partial charge in [-0.2, -0.15) is 13.2 Å². The maximum Gasteiger partial charge on any atom is 0.392 e. The second-order valence-corrected chi connectivity index (χ2v) is 5.25. The molecule has 0 aromatic heterocycles. The third-order valence-corrected chi connectivity index (χ3v) is 2.78. The van der Waals surface area contributed by atoms with Crippen LogP contribution in [-0.2, 0) is 0 Å². The molecule has 0 rings (SSSR count). The summed E-state index contributed by atoms with van der Waals surface area (Å²) in [6, 6.07) is 0. The minimum Gasteiger partial charge on any atom is -0.171 e. The Morgan fingerprint density at radius 1 is 0.955 bits per heavy atom. The first-order valence-electron chi connectivity index (χ1n) is 6.93. The van der Waals surface area contributed by atoms with Crippen LogP contribution in [0.4, 0.5) is 13.2 Å². The predicted molar refractivity (Wildman–Crippen MR) is 91.8 cm³/mol. The second kappa shape index (κ2) is 10.9. The molecule has 0 spiro atoms. The Labute approximate surface area is 133 Å². The number of rotatable bonds is 5. The van der Waals surface area contributed by atoms with Crippen LogP contribution in [0.1, 0.15) is 41.0 Å². The van der Waals surface area contributed by atoms with Crippen molar-refractivity contribution < 1.29 is 13.2 Å². The first-order chi connectivity index (χ1) is 9.90. The smallest absolute Gasteiger partial charge is 0.171 e. The zero-order valence-corrected chi connectivity index (χ0v) is 14.3. The lowest BCUT2D eigenvalue weighted by Gasteiger charge is -2.01. The zero-order valence-electron chi connectivity index (χ0n) is 14.3. The van der Waals surface area contributed by atoms with E-state index in [-0.39, 0.29) is 0 Å². The summed E-state index contributed by atoms with van der Waals surface area (Å²) in [5.74, 6) is 0. The SMILES string of the molecule is C=C(C)/C=C(/C)C(=C)C.C=C/C(C)=C(C)\C=C\CC(F)(F)F. The molecule has 0 unspecified atom stereocenters. The molecule has 0 aliphatic rings. The molecule has 0 N–H and O–H groups in total. The van der Waals surface area contributed by atoms with Crippen LogP contribution in [0.3, 0.4) is 0 Å². The van der Waals surface area contributed by atoms with Gasteiger partial charge < -0.3 is 0 Å². The summed E-state index contributed by atoms with van der Waals surface area (Å²) < 4.78 is 35.1. The number of halogens is 3. The average Bonchev–Trinajstić information content (AvgIpc) is 2.35. The van der Waals surface area contributed by atoms with Crippen LogP contribution in [0.15, 0.2) is 71.9 Å². The highest BCUT2D eigenvalue weighted by molar-refractivity contribution is 5.30. The highest BCUT2D eigenvalue weighted by Crippen LogP contribution is 2.20. The monoisotopic (exact) mass is 312 g/mol. The summed E-state index contributed by atoms with van der Waals surface area (Å²) in [5.41, 5.74) is 5.09. The van der Waals surface area contributed by atoms with Crippen LogP contribution in [0.25, 0.3) is 0 Å². The molecule has 0 fully saturated rings. The van der Waals surface area contributed by atoms with E-state index in [0.29, 0.717) is 0 Å². The minimum absolute atomic E-state index is 0.805. The zero-order chi connectivity index (χ0) is 17.9. The Balaban J connectivity index is 0. The molecule has 0 aromatic carbocycles. The van der Waals surface area contributed by atoms with Crippen molar-refractivity contribution in [3.05, 3.63) is 71.9 Å². The first kappa shape index (κ1) is 22.5. The van der Waals surface area contributed by atoms with Crippen molar-refractivity contribution in [2.45, 2.75) is 47.2 Å². The number of hydrogen-bond acceptors (Lipinski definition) is 0. The van der Waals surface area contributed by atoms with Crippen LogP contribution in [-0.4, -0.2) is 6.18 Å². The molecule has 0 aliphatic carbocycles. The fourth-order valence-electron chi connectivity index (χ4n) is 1.15. The van der Waals surface area contributed by atoms with Crippen molar-refractivity contribution in [1.82, 2.24) is 0 Å². The van der Waals surface area contributed by atoms with Crippen molar-refractivity contribution >= 4 is 0 Å². The van der Waals surface area contributed by atoms with Crippen LogP contribution in [0, 0.1) is 0 Å². The van der Waals surface area contributed by atoms with E-state index in [9.17, 15) is 13.2 Å². The molecule has 0 bridgehead atoms. The lowest BCUT2D eigenvalue weighted by molar-refractivity contribution is -0.125. The van der Waals surface area contributed by atoms with Gasteiger partial charge in [0.25, 0.3) is 0 Å². The molecule has 22 heavy (non-hydrogen) atoms. The Morgan fingerprint density at radius 2 is 1.45 bits per heavy atom. The van der Waals surface area contributed by atoms with E-state index in [2.05, 4.69) is 19.7 Å². The van der Waals surface area contributed by atoms with Crippen LogP contribution >= 0.6 is 0 Å². The Kier molecular flexibility index (Phi) is 11.1. The third kappa shape index (κ3) is 14.6. The molecular formula is C19H27F3. The van der Waals surface area contributed by atoms with Gasteiger partial charge in [0.2, 0.25) is 0 Å². The molecule has 0 aromatic rings. The maximum absolute atomic E-state index is 11.7. The molecule has 124 valence electrons. The molecule has 0 aliphatic heterocycles. The van der Waals surface area contributed by atoms with Crippen LogP contribution in [0.5, 0.6) is 0 Å². The highest BCUT2D eigenvalue weighted by Gasteiger charge is 2.24. The second-order valence-electron chi connectivity index (χ2n) is 5.25. The molecule has 3 heteroatoms. The standard InChI is InChI=1S/C10H13F3.C9H14/c1-4-8(2)9(3)6-5-7-10(11,12)13;1-7(2)6-9(5)8(3)4/h4-6H,1,7H2,2-3H3;6H,1,3H2,2,4-5H3/b6-5+,9-8-;9-6-. The van der Waals surface area contributed by atoms with Crippen LogP contribution < -0.4 is 0 Å². The summed E-state index contributed by atoms with van der Waals surface area (Å²) in [6.45, 7) is 20.7. The quantitative estimate of drug-likeness (QED) is 0.475. The Bertz CT molecular complexity index is 483. The van der Waals surface area contributed by atoms with Crippen molar-refractivity contribution in [3.8, 4) is 0 Å². The topological polar surface area (TPSA) is 0 Å². The van der Waals surface area contributed by atoms with Gasteiger partial charge >= 0.3 is 6.18 Å². The number of hydrogen-bond donors (Lipinski definition) is 0. The molecular weight excluding hydrogens is 285 g/mol. The molecule has 0 nitrogen and oxygen atoms in total. The van der Waals surface area contributed by atoms with E-state index in [0.717, 1.165) is 28.4 Å². The summed E-state index contributed by atoms with van der Waals surface area (Å²) in [7, 11) is 0. The van der Waals surface area contributed by atoms with Gasteiger partial charge in [-0.3, -0.25) is 0 Å². The van der Waals surface area contributed by atoms with Gasteiger partial charge in [-0.15, -0.1) is 0 Å². The maximum atomic E-state index is 11.7. The molecule has 0 amide bonds. The third-order valence-electron chi connectivity index (χ3n) is 2.78. The summed E-state index contributed by atoms with van der Waals surface area (Å²) in [6.07, 6.45) is 1.23. The Morgan fingerprint density at radius 3 is 1.73 bits per heavy atom. The predicted octanol–water partition coefficient (Wildman–Crippen LogP) is 7.10. The molecule has 0 saturated carbocycles.